The van der Waals surface area contributed by atoms with E-state index in [0.29, 0.717) is 34.3 Å². The second-order valence-corrected chi connectivity index (χ2v) is 9.92. The van der Waals surface area contributed by atoms with E-state index in [2.05, 4.69) is 13.8 Å². The van der Waals surface area contributed by atoms with E-state index in [1.165, 1.54) is 7.11 Å². The second-order valence-electron chi connectivity index (χ2n) is 9.92. The number of aliphatic hydroxyl groups is 1. The highest BCUT2D eigenvalue weighted by atomic mass is 16.5. The number of hydrogen-bond acceptors (Lipinski definition) is 8. The first-order valence-electron chi connectivity index (χ1n) is 13.0. The number of benzene rings is 3. The van der Waals surface area contributed by atoms with E-state index in [9.17, 15) is 10.2 Å². The molecule has 8 heteroatoms. The Morgan fingerprint density at radius 2 is 1.18 bits per heavy atom. The van der Waals surface area contributed by atoms with E-state index in [1.807, 2.05) is 30.3 Å². The lowest BCUT2D eigenvalue weighted by Crippen LogP contribution is -2.22. The van der Waals surface area contributed by atoms with Crippen molar-refractivity contribution in [1.29, 1.82) is 0 Å². The third-order valence-electron chi connectivity index (χ3n) is 7.63. The van der Waals surface area contributed by atoms with Crippen LogP contribution < -0.4 is 23.7 Å². The maximum Gasteiger partial charge on any atom is 0.161 e. The Bertz CT molecular complexity index is 1280. The average molecular weight is 539 g/mol. The first-order chi connectivity index (χ1) is 18.7. The number of hydrogen-bond donors (Lipinski definition) is 2. The third-order valence-corrected chi connectivity index (χ3v) is 7.63. The van der Waals surface area contributed by atoms with E-state index < -0.39 is 12.2 Å². The maximum absolute atomic E-state index is 11.0. The van der Waals surface area contributed by atoms with Gasteiger partial charge in [-0.2, -0.15) is 0 Å². The van der Waals surface area contributed by atoms with Crippen LogP contribution in [0.25, 0.3) is 0 Å². The molecule has 0 bridgehead atoms. The van der Waals surface area contributed by atoms with Crippen LogP contribution in [-0.4, -0.2) is 44.8 Å². The molecule has 0 aromatic heterocycles. The minimum Gasteiger partial charge on any atom is -0.504 e. The summed E-state index contributed by atoms with van der Waals surface area (Å²) in [6.45, 7) is 6.14. The number of methoxy groups -OCH3 is 4. The van der Waals surface area contributed by atoms with Crippen LogP contribution in [0.4, 0.5) is 0 Å². The molecule has 2 N–H and O–H groups in total. The largest absolute Gasteiger partial charge is 0.504 e. The summed E-state index contributed by atoms with van der Waals surface area (Å²) >= 11 is 0. The van der Waals surface area contributed by atoms with Gasteiger partial charge in [-0.15, -0.1) is 0 Å². The molecule has 1 aliphatic heterocycles. The van der Waals surface area contributed by atoms with Crippen LogP contribution in [0.15, 0.2) is 54.6 Å². The first kappa shape index (κ1) is 28.4. The summed E-state index contributed by atoms with van der Waals surface area (Å²) in [6, 6.07) is 16.4. The average Bonchev–Trinajstić information content (AvgIpc) is 3.26. The zero-order chi connectivity index (χ0) is 28.3. The normalized spacial score (nSPS) is 22.2. The molecule has 0 spiro atoms. The third kappa shape index (κ3) is 5.72. The molecule has 0 amide bonds. The molecule has 0 saturated carbocycles. The molecule has 1 heterocycles. The zero-order valence-corrected chi connectivity index (χ0v) is 23.5. The number of phenols is 1. The van der Waals surface area contributed by atoms with Gasteiger partial charge in [-0.1, -0.05) is 32.0 Å². The number of ether oxygens (including phenoxy) is 6. The molecule has 6 atom stereocenters. The summed E-state index contributed by atoms with van der Waals surface area (Å²) in [4.78, 5) is 0. The predicted octanol–water partition coefficient (Wildman–Crippen LogP) is 6.01. The predicted molar refractivity (Wildman–Crippen MR) is 147 cm³/mol. The summed E-state index contributed by atoms with van der Waals surface area (Å²) < 4.78 is 34.3. The molecule has 39 heavy (non-hydrogen) atoms. The minimum absolute atomic E-state index is 0.0994. The van der Waals surface area contributed by atoms with Crippen LogP contribution in [0, 0.1) is 11.8 Å². The molecule has 1 aliphatic rings. The van der Waals surface area contributed by atoms with Crippen LogP contribution >= 0.6 is 0 Å². The van der Waals surface area contributed by atoms with Crippen LogP contribution in [0.3, 0.4) is 0 Å². The molecule has 4 rings (SSSR count). The van der Waals surface area contributed by atoms with Gasteiger partial charge < -0.3 is 38.6 Å². The molecule has 0 aliphatic carbocycles. The van der Waals surface area contributed by atoms with Crippen molar-refractivity contribution in [2.24, 2.45) is 11.8 Å². The molecule has 2 unspecified atom stereocenters. The van der Waals surface area contributed by atoms with Crippen molar-refractivity contribution in [2.45, 2.75) is 45.2 Å². The van der Waals surface area contributed by atoms with Crippen LogP contribution in [0.2, 0.25) is 0 Å². The van der Waals surface area contributed by atoms with Crippen molar-refractivity contribution in [3.8, 4) is 34.5 Å². The van der Waals surface area contributed by atoms with Gasteiger partial charge in [-0.3, -0.25) is 0 Å². The van der Waals surface area contributed by atoms with Crippen molar-refractivity contribution in [3.63, 3.8) is 0 Å². The highest BCUT2D eigenvalue weighted by Crippen LogP contribution is 2.50. The quantitative estimate of drug-likeness (QED) is 0.324. The first-order valence-corrected chi connectivity index (χ1v) is 13.0. The van der Waals surface area contributed by atoms with Crippen molar-refractivity contribution in [1.82, 2.24) is 0 Å². The molecule has 1 fully saturated rings. The SMILES string of the molecule is COc1cc([C@H]2O[C@H](c3ccc(OC(C)C(O)c4ccc(OC)c(OC)c4)c(OC)c3)[C@H](C)[C@H]2C)ccc1O. The van der Waals surface area contributed by atoms with E-state index in [1.54, 1.807) is 52.5 Å². The van der Waals surface area contributed by atoms with Gasteiger partial charge in [0, 0.05) is 0 Å². The molecular formula is C31H38O8. The Labute approximate surface area is 230 Å². The molecule has 0 radical (unpaired) electrons. The molecule has 8 nitrogen and oxygen atoms in total. The fraction of sp³-hybridized carbons (Fsp3) is 0.419. The summed E-state index contributed by atoms with van der Waals surface area (Å²) in [5.41, 5.74) is 2.58. The van der Waals surface area contributed by atoms with E-state index in [4.69, 9.17) is 28.4 Å². The van der Waals surface area contributed by atoms with Gasteiger partial charge in [0.05, 0.1) is 40.6 Å². The monoisotopic (exact) mass is 538 g/mol. The fourth-order valence-corrected chi connectivity index (χ4v) is 5.12. The Kier molecular flexibility index (Phi) is 8.77. The van der Waals surface area contributed by atoms with E-state index in [-0.39, 0.29) is 29.8 Å². The smallest absolute Gasteiger partial charge is 0.161 e. The van der Waals surface area contributed by atoms with E-state index in [0.717, 1.165) is 11.1 Å². The maximum atomic E-state index is 11.0. The van der Waals surface area contributed by atoms with Crippen molar-refractivity contribution >= 4 is 0 Å². The fourth-order valence-electron chi connectivity index (χ4n) is 5.12. The zero-order valence-electron chi connectivity index (χ0n) is 23.5. The van der Waals surface area contributed by atoms with Crippen LogP contribution in [-0.2, 0) is 4.74 Å². The summed E-state index contributed by atoms with van der Waals surface area (Å²) in [6.07, 6.45) is -1.80. The van der Waals surface area contributed by atoms with Gasteiger partial charge in [0.15, 0.2) is 34.5 Å². The van der Waals surface area contributed by atoms with Crippen molar-refractivity contribution in [2.75, 3.05) is 28.4 Å². The minimum atomic E-state index is -0.906. The van der Waals surface area contributed by atoms with Gasteiger partial charge >= 0.3 is 0 Å². The summed E-state index contributed by atoms with van der Waals surface area (Å²) in [5, 5.41) is 21.0. The molecule has 3 aromatic rings. The van der Waals surface area contributed by atoms with Gasteiger partial charge in [0.1, 0.15) is 12.2 Å². The lowest BCUT2D eigenvalue weighted by molar-refractivity contribution is 0.0284. The van der Waals surface area contributed by atoms with Gasteiger partial charge in [0.25, 0.3) is 0 Å². The number of rotatable bonds is 10. The molecule has 3 aromatic carbocycles. The Morgan fingerprint density at radius 1 is 0.667 bits per heavy atom. The standard InChI is InChI=1S/C31H38O8/c1-17-18(2)31(39-30(17)21-8-11-23(32)26(15-21)35-5)22-10-13-25(28(16-22)37-7)38-19(3)29(33)20-9-12-24(34-4)27(14-20)36-6/h8-19,29-33H,1-7H3/t17-,18-,19?,29?,30+,31+/m1/s1. The topological polar surface area (TPSA) is 95.8 Å². The Morgan fingerprint density at radius 3 is 1.77 bits per heavy atom. The molecule has 1 saturated heterocycles. The number of aromatic hydroxyl groups is 1. The number of aliphatic hydroxyl groups excluding tert-OH is 1. The van der Waals surface area contributed by atoms with E-state index >= 15 is 0 Å². The molecule has 210 valence electrons. The van der Waals surface area contributed by atoms with Crippen LogP contribution in [0.1, 0.15) is 55.8 Å². The highest BCUT2D eigenvalue weighted by molar-refractivity contribution is 5.46. The number of phenolic OH excluding ortho intramolecular Hbond substituents is 1. The Balaban J connectivity index is 1.52. The highest BCUT2D eigenvalue weighted by Gasteiger charge is 2.41. The van der Waals surface area contributed by atoms with Crippen LogP contribution in [0.5, 0.6) is 34.5 Å². The van der Waals surface area contributed by atoms with Gasteiger partial charge in [-0.05, 0) is 71.8 Å². The summed E-state index contributed by atoms with van der Waals surface area (Å²) in [5.74, 6) is 3.16. The van der Waals surface area contributed by atoms with Gasteiger partial charge in [-0.25, -0.2) is 0 Å². The second kappa shape index (κ2) is 12.1. The van der Waals surface area contributed by atoms with Gasteiger partial charge in [0.2, 0.25) is 0 Å². The lowest BCUT2D eigenvalue weighted by Gasteiger charge is -2.24. The van der Waals surface area contributed by atoms with Crippen molar-refractivity contribution in [3.05, 3.63) is 71.3 Å². The Hall–Kier alpha value is -3.62. The van der Waals surface area contributed by atoms with Crippen molar-refractivity contribution < 1.29 is 38.6 Å². The summed E-state index contributed by atoms with van der Waals surface area (Å²) in [7, 11) is 6.25. The lowest BCUT2D eigenvalue weighted by atomic mass is 9.85. The molecular weight excluding hydrogens is 500 g/mol.